The van der Waals surface area contributed by atoms with Crippen molar-refractivity contribution < 1.29 is 0 Å². The van der Waals surface area contributed by atoms with Gasteiger partial charge in [0.15, 0.2) is 0 Å². The minimum absolute atomic E-state index is 0.0636. The van der Waals surface area contributed by atoms with E-state index < -0.39 is 0 Å². The van der Waals surface area contributed by atoms with Crippen LogP contribution >= 0.6 is 0 Å². The molecule has 1 rings (SSSR count). The van der Waals surface area contributed by atoms with Crippen molar-refractivity contribution in [2.75, 3.05) is 0 Å². The predicted octanol–water partition coefficient (Wildman–Crippen LogP) is 2.41. The van der Waals surface area contributed by atoms with Gasteiger partial charge in [-0.3, -0.25) is 0 Å². The Labute approximate surface area is 85.4 Å². The molecule has 0 spiro atoms. The van der Waals surface area contributed by atoms with E-state index in [0.717, 1.165) is 11.1 Å². The van der Waals surface area contributed by atoms with Gasteiger partial charge in [-0.05, 0) is 17.0 Å². The summed E-state index contributed by atoms with van der Waals surface area (Å²) in [6.07, 6.45) is 0.457. The fourth-order valence-electron chi connectivity index (χ4n) is 1.39. The molecule has 0 aliphatic rings. The first-order valence-electron chi connectivity index (χ1n) is 4.86. The van der Waals surface area contributed by atoms with Crippen LogP contribution in [0.1, 0.15) is 31.0 Å². The van der Waals surface area contributed by atoms with E-state index in [4.69, 9.17) is 11.0 Å². The van der Waals surface area contributed by atoms with Gasteiger partial charge in [-0.25, -0.2) is 0 Å². The van der Waals surface area contributed by atoms with Crippen molar-refractivity contribution in [1.29, 1.82) is 5.26 Å². The smallest absolute Gasteiger partial charge is 0.0669 e. The molecule has 14 heavy (non-hydrogen) atoms. The Morgan fingerprint density at radius 1 is 1.43 bits per heavy atom. The summed E-state index contributed by atoms with van der Waals surface area (Å²) in [6.45, 7) is 4.20. The Kier molecular flexibility index (Phi) is 3.67. The number of nitrogens with two attached hydrogens (primary N) is 1. The van der Waals surface area contributed by atoms with Crippen LogP contribution in [0.25, 0.3) is 0 Å². The van der Waals surface area contributed by atoms with Gasteiger partial charge in [-0.15, -0.1) is 0 Å². The first-order chi connectivity index (χ1) is 6.65. The Morgan fingerprint density at radius 2 is 2.14 bits per heavy atom. The number of benzene rings is 1. The summed E-state index contributed by atoms with van der Waals surface area (Å²) in [5, 5.41) is 8.58. The van der Waals surface area contributed by atoms with E-state index in [1.807, 2.05) is 24.3 Å². The highest BCUT2D eigenvalue weighted by Gasteiger charge is 2.10. The van der Waals surface area contributed by atoms with Crippen molar-refractivity contribution in [1.82, 2.24) is 0 Å². The van der Waals surface area contributed by atoms with Gasteiger partial charge in [0.2, 0.25) is 0 Å². The van der Waals surface area contributed by atoms with Crippen LogP contribution in [0.2, 0.25) is 0 Å². The average Bonchev–Trinajstić information content (AvgIpc) is 2.17. The van der Waals surface area contributed by atoms with E-state index >= 15 is 0 Å². The molecule has 0 fully saturated rings. The minimum atomic E-state index is 0.0636. The fraction of sp³-hybridized carbons (Fsp3) is 0.417. The number of hydrogen-bond donors (Lipinski definition) is 1. The summed E-state index contributed by atoms with van der Waals surface area (Å²) < 4.78 is 0. The van der Waals surface area contributed by atoms with Gasteiger partial charge in [0.25, 0.3) is 0 Å². The molecule has 0 aliphatic heterocycles. The molecular weight excluding hydrogens is 172 g/mol. The van der Waals surface area contributed by atoms with Crippen molar-refractivity contribution in [3.05, 3.63) is 35.4 Å². The molecule has 0 saturated carbocycles. The monoisotopic (exact) mass is 188 g/mol. The molecule has 0 unspecified atom stereocenters. The van der Waals surface area contributed by atoms with Crippen molar-refractivity contribution >= 4 is 0 Å². The minimum Gasteiger partial charge on any atom is -0.324 e. The van der Waals surface area contributed by atoms with Crippen molar-refractivity contribution in [2.24, 2.45) is 11.7 Å². The van der Waals surface area contributed by atoms with Crippen molar-refractivity contribution in [3.63, 3.8) is 0 Å². The second kappa shape index (κ2) is 4.78. The number of hydrogen-bond acceptors (Lipinski definition) is 2. The zero-order chi connectivity index (χ0) is 10.6. The third kappa shape index (κ3) is 2.58. The van der Waals surface area contributed by atoms with Gasteiger partial charge < -0.3 is 5.73 Å². The summed E-state index contributed by atoms with van der Waals surface area (Å²) in [6, 6.07) is 10.2. The molecule has 0 bridgehead atoms. The Bertz CT molecular complexity index is 336. The Balaban J connectivity index is 2.89. The molecule has 0 aromatic heterocycles. The molecule has 1 aromatic carbocycles. The molecule has 0 heterocycles. The van der Waals surface area contributed by atoms with Crippen LogP contribution in [-0.2, 0) is 6.42 Å². The first kappa shape index (κ1) is 10.7. The molecule has 0 aliphatic carbocycles. The van der Waals surface area contributed by atoms with Gasteiger partial charge in [0.05, 0.1) is 12.5 Å². The third-order valence-corrected chi connectivity index (χ3v) is 2.34. The molecular formula is C12H16N2. The van der Waals surface area contributed by atoms with Crippen LogP contribution in [-0.4, -0.2) is 0 Å². The molecule has 1 aromatic rings. The summed E-state index contributed by atoms with van der Waals surface area (Å²) in [7, 11) is 0. The first-order valence-corrected chi connectivity index (χ1v) is 4.86. The van der Waals surface area contributed by atoms with Crippen molar-refractivity contribution in [2.45, 2.75) is 26.3 Å². The molecule has 74 valence electrons. The second-order valence-electron chi connectivity index (χ2n) is 3.85. The maximum absolute atomic E-state index is 8.58. The molecule has 0 saturated heterocycles. The van der Waals surface area contributed by atoms with E-state index in [1.165, 1.54) is 0 Å². The van der Waals surface area contributed by atoms with Gasteiger partial charge in [-0.2, -0.15) is 5.26 Å². The highest BCUT2D eigenvalue weighted by Crippen LogP contribution is 2.19. The summed E-state index contributed by atoms with van der Waals surface area (Å²) in [5.41, 5.74) is 8.18. The third-order valence-electron chi connectivity index (χ3n) is 2.34. The summed E-state index contributed by atoms with van der Waals surface area (Å²) in [5.74, 6) is 0.423. The lowest BCUT2D eigenvalue weighted by molar-refractivity contribution is 0.514. The highest BCUT2D eigenvalue weighted by atomic mass is 14.6. The lowest BCUT2D eigenvalue weighted by Gasteiger charge is -2.16. The topological polar surface area (TPSA) is 49.8 Å². The van der Waals surface area contributed by atoms with E-state index in [-0.39, 0.29) is 6.04 Å². The summed E-state index contributed by atoms with van der Waals surface area (Å²) in [4.78, 5) is 0. The Morgan fingerprint density at radius 3 is 2.71 bits per heavy atom. The fourth-order valence-corrected chi connectivity index (χ4v) is 1.39. The zero-order valence-electron chi connectivity index (χ0n) is 8.70. The Hall–Kier alpha value is -1.33. The van der Waals surface area contributed by atoms with E-state index in [0.29, 0.717) is 12.3 Å². The molecule has 2 N–H and O–H groups in total. The zero-order valence-corrected chi connectivity index (χ0v) is 8.70. The number of rotatable bonds is 3. The second-order valence-corrected chi connectivity index (χ2v) is 3.85. The highest BCUT2D eigenvalue weighted by molar-refractivity contribution is 5.27. The van der Waals surface area contributed by atoms with Crippen LogP contribution in [0.3, 0.4) is 0 Å². The number of nitriles is 1. The van der Waals surface area contributed by atoms with E-state index in [2.05, 4.69) is 19.9 Å². The number of nitrogens with zero attached hydrogens (tertiary/aromatic N) is 1. The van der Waals surface area contributed by atoms with Crippen LogP contribution in [0, 0.1) is 17.2 Å². The normalized spacial score (nSPS) is 12.5. The predicted molar refractivity (Wildman–Crippen MR) is 57.5 cm³/mol. The van der Waals surface area contributed by atoms with Crippen LogP contribution in [0.4, 0.5) is 0 Å². The van der Waals surface area contributed by atoms with Crippen molar-refractivity contribution in [3.8, 4) is 6.07 Å². The lowest BCUT2D eigenvalue weighted by Crippen LogP contribution is -2.16. The molecule has 1 atom stereocenters. The molecule has 2 nitrogen and oxygen atoms in total. The lowest BCUT2D eigenvalue weighted by atomic mass is 9.95. The maximum Gasteiger partial charge on any atom is 0.0669 e. The van der Waals surface area contributed by atoms with E-state index in [9.17, 15) is 0 Å². The largest absolute Gasteiger partial charge is 0.324 e. The van der Waals surface area contributed by atoms with E-state index in [1.54, 1.807) is 0 Å². The maximum atomic E-state index is 8.58. The van der Waals surface area contributed by atoms with Gasteiger partial charge >= 0.3 is 0 Å². The SMILES string of the molecule is CC(C)[C@H](N)c1cccc(CC#N)c1. The molecule has 0 amide bonds. The van der Waals surface area contributed by atoms with Crippen LogP contribution in [0.5, 0.6) is 0 Å². The van der Waals surface area contributed by atoms with Gasteiger partial charge in [0, 0.05) is 6.04 Å². The van der Waals surface area contributed by atoms with Gasteiger partial charge in [-0.1, -0.05) is 38.1 Å². The average molecular weight is 188 g/mol. The van der Waals surface area contributed by atoms with Gasteiger partial charge in [0.1, 0.15) is 0 Å². The van der Waals surface area contributed by atoms with Crippen LogP contribution in [0.15, 0.2) is 24.3 Å². The summed E-state index contributed by atoms with van der Waals surface area (Å²) >= 11 is 0. The quantitative estimate of drug-likeness (QED) is 0.791. The standard InChI is InChI=1S/C12H16N2/c1-9(2)12(14)11-5-3-4-10(8-11)6-7-13/h3-5,8-9,12H,6,14H2,1-2H3/t12-/m0/s1. The molecule has 2 heteroatoms. The molecule has 0 radical (unpaired) electrons. The van der Waals surface area contributed by atoms with Crippen LogP contribution < -0.4 is 5.73 Å².